The van der Waals surface area contributed by atoms with Crippen LogP contribution in [0.15, 0.2) is 71.2 Å². The Bertz CT molecular complexity index is 1260. The number of amides is 2. The van der Waals surface area contributed by atoms with Gasteiger partial charge in [-0.2, -0.15) is 0 Å². The minimum absolute atomic E-state index is 0.0183. The van der Waals surface area contributed by atoms with Crippen LogP contribution in [0.2, 0.25) is 0 Å². The van der Waals surface area contributed by atoms with Crippen molar-refractivity contribution < 1.29 is 19.1 Å². The van der Waals surface area contributed by atoms with E-state index in [9.17, 15) is 14.4 Å². The maximum atomic E-state index is 13.0. The summed E-state index contributed by atoms with van der Waals surface area (Å²) >= 11 is 3.45. The van der Waals surface area contributed by atoms with Crippen molar-refractivity contribution in [3.8, 4) is 0 Å². The van der Waals surface area contributed by atoms with Gasteiger partial charge in [-0.15, -0.1) is 0 Å². The number of benzene rings is 3. The number of hydrogen-bond acceptors (Lipinski definition) is 4. The Morgan fingerprint density at radius 3 is 2.50 bits per heavy atom. The number of rotatable bonds is 6. The van der Waals surface area contributed by atoms with Crippen LogP contribution in [-0.2, 0) is 16.1 Å². The molecule has 1 aliphatic heterocycles. The van der Waals surface area contributed by atoms with Crippen molar-refractivity contribution in [3.63, 3.8) is 0 Å². The molecule has 3 aromatic rings. The first-order valence-corrected chi connectivity index (χ1v) is 12.2. The average Bonchev–Trinajstić information content (AvgIpc) is 3.50. The van der Waals surface area contributed by atoms with Crippen LogP contribution in [0, 0.1) is 5.41 Å². The topological polar surface area (TPSA) is 75.7 Å². The van der Waals surface area contributed by atoms with Crippen LogP contribution < -0.4 is 5.32 Å². The van der Waals surface area contributed by atoms with Crippen LogP contribution in [0.1, 0.15) is 35.2 Å². The molecule has 174 valence electrons. The summed E-state index contributed by atoms with van der Waals surface area (Å²) in [5.41, 5.74) is 1.45. The molecule has 34 heavy (non-hydrogen) atoms. The van der Waals surface area contributed by atoms with Crippen LogP contribution in [0.5, 0.6) is 0 Å². The Balaban J connectivity index is 1.21. The van der Waals surface area contributed by atoms with Crippen molar-refractivity contribution in [2.75, 3.05) is 13.1 Å². The molecule has 6 nitrogen and oxygen atoms in total. The maximum absolute atomic E-state index is 13.0. The number of nitrogens with one attached hydrogen (secondary N) is 1. The Morgan fingerprint density at radius 1 is 1.00 bits per heavy atom. The number of Topliss-reactive ketones (excluding diaryl/α,β-unsaturated/α-hetero) is 1. The molecule has 7 heteroatoms. The van der Waals surface area contributed by atoms with Crippen molar-refractivity contribution in [2.24, 2.45) is 5.41 Å². The van der Waals surface area contributed by atoms with Crippen molar-refractivity contribution in [3.05, 3.63) is 82.3 Å². The van der Waals surface area contributed by atoms with Crippen LogP contribution in [0.3, 0.4) is 0 Å². The highest BCUT2D eigenvalue weighted by Crippen LogP contribution is 2.54. The van der Waals surface area contributed by atoms with Crippen molar-refractivity contribution >= 4 is 44.5 Å². The number of hydrogen-bond donors (Lipinski definition) is 1. The summed E-state index contributed by atoms with van der Waals surface area (Å²) in [5.74, 6) is -0.478. The van der Waals surface area contributed by atoms with Gasteiger partial charge in [0.15, 0.2) is 5.78 Å². The molecule has 1 spiro atoms. The van der Waals surface area contributed by atoms with Gasteiger partial charge in [-0.1, -0.05) is 64.5 Å². The first-order chi connectivity index (χ1) is 16.4. The van der Waals surface area contributed by atoms with Gasteiger partial charge in [-0.25, -0.2) is 4.79 Å². The van der Waals surface area contributed by atoms with E-state index in [2.05, 4.69) is 21.2 Å². The minimum atomic E-state index is -0.618. The Morgan fingerprint density at radius 2 is 1.74 bits per heavy atom. The zero-order valence-electron chi connectivity index (χ0n) is 18.6. The molecule has 5 rings (SSSR count). The van der Waals surface area contributed by atoms with Gasteiger partial charge in [-0.05, 0) is 59.2 Å². The largest absolute Gasteiger partial charge is 0.445 e. The fourth-order valence-corrected chi connectivity index (χ4v) is 4.98. The van der Waals surface area contributed by atoms with Gasteiger partial charge in [0.05, 0.1) is 6.54 Å². The molecule has 2 amide bonds. The molecule has 1 atom stereocenters. The summed E-state index contributed by atoms with van der Waals surface area (Å²) in [5, 5.41) is 4.74. The number of carbonyl (C=O) groups is 3. The number of carbonyl (C=O) groups excluding carboxylic acids is 3. The van der Waals surface area contributed by atoms with Crippen molar-refractivity contribution in [1.29, 1.82) is 0 Å². The van der Waals surface area contributed by atoms with E-state index in [4.69, 9.17) is 4.74 Å². The summed E-state index contributed by atoms with van der Waals surface area (Å²) < 4.78 is 6.47. The van der Waals surface area contributed by atoms with Gasteiger partial charge >= 0.3 is 6.09 Å². The van der Waals surface area contributed by atoms with Crippen LogP contribution in [0.25, 0.3) is 10.8 Å². The fourth-order valence-electron chi connectivity index (χ4n) is 4.60. The van der Waals surface area contributed by atoms with E-state index in [0.29, 0.717) is 18.5 Å². The Hall–Kier alpha value is -3.19. The molecule has 1 aliphatic carbocycles. The van der Waals surface area contributed by atoms with E-state index < -0.39 is 12.1 Å². The highest BCUT2D eigenvalue weighted by atomic mass is 79.9. The zero-order chi connectivity index (χ0) is 23.7. The quantitative estimate of drug-likeness (QED) is 0.459. The van der Waals surface area contributed by atoms with E-state index in [-0.39, 0.29) is 30.3 Å². The van der Waals surface area contributed by atoms with Crippen molar-refractivity contribution in [2.45, 2.75) is 31.9 Å². The molecule has 2 aliphatic rings. The van der Waals surface area contributed by atoms with E-state index in [1.54, 1.807) is 6.07 Å². The number of fused-ring (bicyclic) bond motifs is 1. The van der Waals surface area contributed by atoms with Gasteiger partial charge in [0.1, 0.15) is 12.6 Å². The lowest BCUT2D eigenvalue weighted by Gasteiger charge is -2.23. The summed E-state index contributed by atoms with van der Waals surface area (Å²) in [7, 11) is 0. The van der Waals surface area contributed by atoms with Gasteiger partial charge < -0.3 is 10.1 Å². The van der Waals surface area contributed by atoms with Crippen LogP contribution >= 0.6 is 15.9 Å². The smallest absolute Gasteiger partial charge is 0.410 e. The second-order valence-electron chi connectivity index (χ2n) is 9.24. The lowest BCUT2D eigenvalue weighted by molar-refractivity contribution is -0.125. The summed E-state index contributed by atoms with van der Waals surface area (Å²) in [6, 6.07) is 20.2. The molecule has 2 fully saturated rings. The predicted molar refractivity (Wildman–Crippen MR) is 132 cm³/mol. The third kappa shape index (κ3) is 4.85. The molecule has 1 saturated heterocycles. The number of halogens is 1. The third-order valence-corrected chi connectivity index (χ3v) is 7.25. The van der Waals surface area contributed by atoms with Crippen molar-refractivity contribution in [1.82, 2.24) is 10.2 Å². The monoisotopic (exact) mass is 520 g/mol. The first-order valence-electron chi connectivity index (χ1n) is 11.4. The molecule has 1 heterocycles. The van der Waals surface area contributed by atoms with E-state index in [0.717, 1.165) is 33.7 Å². The normalized spacial score (nSPS) is 18.1. The van der Waals surface area contributed by atoms with Crippen LogP contribution in [0.4, 0.5) is 4.79 Å². The number of ketones is 1. The van der Waals surface area contributed by atoms with Gasteiger partial charge in [0, 0.05) is 16.6 Å². The highest BCUT2D eigenvalue weighted by molar-refractivity contribution is 9.10. The van der Waals surface area contributed by atoms with E-state index >= 15 is 0 Å². The van der Waals surface area contributed by atoms with E-state index in [1.165, 1.54) is 4.90 Å². The predicted octanol–water partition coefficient (Wildman–Crippen LogP) is 5.09. The summed E-state index contributed by atoms with van der Waals surface area (Å²) in [4.78, 5) is 40.1. The summed E-state index contributed by atoms with van der Waals surface area (Å²) in [6.45, 7) is 0.568. The lowest BCUT2D eigenvalue weighted by atomic mass is 10.0. The van der Waals surface area contributed by atoms with E-state index in [1.807, 2.05) is 60.7 Å². The standard InChI is InChI=1S/C27H25BrN2O4/c28-22-9-8-19-12-21(7-6-20(19)13-22)24(31)15-29-25(32)23-14-27(10-11-27)17-30(23)26(33)34-16-18-4-2-1-3-5-18/h1-9,12-13,23H,10-11,14-17H2,(H,29,32)/t23-/m0/s1. The maximum Gasteiger partial charge on any atom is 0.410 e. The number of ether oxygens (including phenoxy) is 1. The van der Waals surface area contributed by atoms with Crippen LogP contribution in [-0.4, -0.2) is 41.8 Å². The molecule has 0 bridgehead atoms. The fraction of sp³-hybridized carbons (Fsp3) is 0.296. The highest BCUT2D eigenvalue weighted by Gasteiger charge is 2.55. The summed E-state index contributed by atoms with van der Waals surface area (Å²) in [6.07, 6.45) is 2.13. The number of likely N-dealkylation sites (tertiary alicyclic amines) is 1. The second-order valence-corrected chi connectivity index (χ2v) is 10.2. The molecular weight excluding hydrogens is 496 g/mol. The third-order valence-electron chi connectivity index (χ3n) is 6.76. The first kappa shape index (κ1) is 22.6. The molecular formula is C27H25BrN2O4. The molecule has 1 saturated carbocycles. The molecule has 0 unspecified atom stereocenters. The zero-order valence-corrected chi connectivity index (χ0v) is 20.2. The average molecular weight is 521 g/mol. The molecule has 1 N–H and O–H groups in total. The molecule has 0 radical (unpaired) electrons. The van der Waals surface area contributed by atoms with Gasteiger partial charge in [0.2, 0.25) is 5.91 Å². The minimum Gasteiger partial charge on any atom is -0.445 e. The van der Waals surface area contributed by atoms with Gasteiger partial charge in [0.25, 0.3) is 0 Å². The van der Waals surface area contributed by atoms with Gasteiger partial charge in [-0.3, -0.25) is 14.5 Å². The second kappa shape index (κ2) is 9.22. The molecule has 0 aromatic heterocycles. The SMILES string of the molecule is O=C(CNC(=O)[C@@H]1CC2(CC2)CN1C(=O)OCc1ccccc1)c1ccc2cc(Br)ccc2c1. The number of nitrogens with zero attached hydrogens (tertiary/aromatic N) is 1. The Labute approximate surface area is 206 Å². The molecule has 3 aromatic carbocycles. The Kier molecular flexibility index (Phi) is 6.13. The lowest BCUT2D eigenvalue weighted by Crippen LogP contribution is -2.47.